The van der Waals surface area contributed by atoms with Gasteiger partial charge >= 0.3 is 12.1 Å². The highest BCUT2D eigenvalue weighted by Gasteiger charge is 2.40. The summed E-state index contributed by atoms with van der Waals surface area (Å²) in [6.07, 6.45) is -4.45. The summed E-state index contributed by atoms with van der Waals surface area (Å²) in [7, 11) is -4.35. The molecule has 9 heteroatoms. The van der Waals surface area contributed by atoms with E-state index in [0.717, 1.165) is 33.3 Å². The number of esters is 1. The van der Waals surface area contributed by atoms with Crippen LogP contribution in [0, 0.1) is 5.92 Å². The second kappa shape index (κ2) is 8.55. The first kappa shape index (κ1) is 22.3. The fraction of sp³-hybridized carbons (Fsp3) is 0.261. The Hall–Kier alpha value is -2.91. The lowest BCUT2D eigenvalue weighted by Crippen LogP contribution is -2.41. The Morgan fingerprint density at radius 1 is 0.906 bits per heavy atom. The molecule has 4 rings (SSSR count). The summed E-state index contributed by atoms with van der Waals surface area (Å²) in [5.41, 5.74) is -1.20. The lowest BCUT2D eigenvalue weighted by molar-refractivity contribution is -0.140. The summed E-state index contributed by atoms with van der Waals surface area (Å²) in [5, 5.41) is 1.92. The van der Waals surface area contributed by atoms with Crippen LogP contribution in [0.3, 0.4) is 0 Å². The quantitative estimate of drug-likeness (QED) is 0.409. The molecule has 0 N–H and O–H groups in total. The van der Waals surface area contributed by atoms with Gasteiger partial charge in [-0.3, -0.25) is 4.79 Å². The van der Waals surface area contributed by atoms with E-state index in [0.29, 0.717) is 5.75 Å². The number of carbonyl (C=O) groups is 1. The third-order valence-electron chi connectivity index (χ3n) is 5.54. The first-order valence-electron chi connectivity index (χ1n) is 10.0. The topological polar surface area (TPSA) is 63.7 Å². The van der Waals surface area contributed by atoms with Gasteiger partial charge in [0.25, 0.3) is 0 Å². The first-order chi connectivity index (χ1) is 15.2. The van der Waals surface area contributed by atoms with Crippen LogP contribution in [0.25, 0.3) is 10.8 Å². The number of hydrogen-bond donors (Lipinski definition) is 0. The molecule has 0 aromatic heterocycles. The van der Waals surface area contributed by atoms with Crippen LogP contribution < -0.4 is 4.74 Å². The molecule has 0 unspecified atom stereocenters. The number of benzene rings is 3. The van der Waals surface area contributed by atoms with Crippen molar-refractivity contribution >= 4 is 26.8 Å². The highest BCUT2D eigenvalue weighted by atomic mass is 32.2. The van der Waals surface area contributed by atoms with E-state index in [1.165, 1.54) is 6.07 Å². The molecule has 32 heavy (non-hydrogen) atoms. The number of fused-ring (bicyclic) bond motifs is 1. The van der Waals surface area contributed by atoms with Crippen LogP contribution in [0.15, 0.2) is 71.6 Å². The van der Waals surface area contributed by atoms with Crippen molar-refractivity contribution in [3.05, 3.63) is 72.3 Å². The van der Waals surface area contributed by atoms with Crippen LogP contribution in [0.1, 0.15) is 18.4 Å². The molecule has 1 saturated heterocycles. The SMILES string of the molecule is O=C(Oc1ccc2ccccc2c1)C1CCN(S(=O)(=O)c2ccccc2C(F)(F)F)CC1. The monoisotopic (exact) mass is 463 g/mol. The Balaban J connectivity index is 1.44. The summed E-state index contributed by atoms with van der Waals surface area (Å²) in [5.74, 6) is -0.623. The second-order valence-electron chi connectivity index (χ2n) is 7.60. The Morgan fingerprint density at radius 2 is 1.53 bits per heavy atom. The molecule has 0 amide bonds. The minimum Gasteiger partial charge on any atom is -0.426 e. The van der Waals surface area contributed by atoms with Gasteiger partial charge in [0.2, 0.25) is 10.0 Å². The van der Waals surface area contributed by atoms with E-state index in [9.17, 15) is 26.4 Å². The number of halogens is 3. The molecule has 3 aromatic rings. The fourth-order valence-electron chi connectivity index (χ4n) is 3.83. The molecule has 0 aliphatic carbocycles. The highest BCUT2D eigenvalue weighted by molar-refractivity contribution is 7.89. The fourth-order valence-corrected chi connectivity index (χ4v) is 5.51. The number of hydrogen-bond acceptors (Lipinski definition) is 4. The Labute approximate surface area is 183 Å². The average molecular weight is 463 g/mol. The lowest BCUT2D eigenvalue weighted by Gasteiger charge is -2.30. The molecular formula is C23H20F3NO4S. The number of rotatable bonds is 4. The van der Waals surface area contributed by atoms with E-state index >= 15 is 0 Å². The average Bonchev–Trinajstić information content (AvgIpc) is 2.78. The number of carbonyl (C=O) groups excluding carboxylic acids is 1. The molecule has 5 nitrogen and oxygen atoms in total. The highest BCUT2D eigenvalue weighted by Crippen LogP contribution is 2.36. The summed E-state index contributed by atoms with van der Waals surface area (Å²) in [4.78, 5) is 11.8. The van der Waals surface area contributed by atoms with E-state index in [1.54, 1.807) is 12.1 Å². The zero-order valence-corrected chi connectivity index (χ0v) is 17.7. The molecule has 1 heterocycles. The molecule has 1 aliphatic heterocycles. The Bertz CT molecular complexity index is 1250. The second-order valence-corrected chi connectivity index (χ2v) is 9.51. The normalized spacial score (nSPS) is 16.2. The van der Waals surface area contributed by atoms with Crippen LogP contribution in [0.5, 0.6) is 5.75 Å². The van der Waals surface area contributed by atoms with Gasteiger partial charge in [0, 0.05) is 13.1 Å². The number of piperidine rings is 1. The van der Waals surface area contributed by atoms with Crippen molar-refractivity contribution in [1.82, 2.24) is 4.31 Å². The smallest absolute Gasteiger partial charge is 0.417 e. The minimum absolute atomic E-state index is 0.0635. The number of nitrogens with zero attached hydrogens (tertiary/aromatic N) is 1. The maximum Gasteiger partial charge on any atom is 0.417 e. The summed E-state index contributed by atoms with van der Waals surface area (Å²) < 4.78 is 72.0. The van der Waals surface area contributed by atoms with Crippen molar-refractivity contribution < 1.29 is 31.1 Å². The van der Waals surface area contributed by atoms with Crippen molar-refractivity contribution in [2.45, 2.75) is 23.9 Å². The molecule has 1 aliphatic rings. The summed E-state index contributed by atoms with van der Waals surface area (Å²) >= 11 is 0. The molecule has 168 valence electrons. The van der Waals surface area contributed by atoms with Crippen LogP contribution in [0.2, 0.25) is 0 Å². The molecule has 3 aromatic carbocycles. The van der Waals surface area contributed by atoms with Gasteiger partial charge in [-0.2, -0.15) is 17.5 Å². The van der Waals surface area contributed by atoms with Crippen LogP contribution >= 0.6 is 0 Å². The molecule has 0 spiro atoms. The van der Waals surface area contributed by atoms with Gasteiger partial charge in [0.1, 0.15) is 5.75 Å². The van der Waals surface area contributed by atoms with Gasteiger partial charge < -0.3 is 4.74 Å². The minimum atomic E-state index is -4.79. The summed E-state index contributed by atoms with van der Waals surface area (Å²) in [6, 6.07) is 17.0. The van der Waals surface area contributed by atoms with Gasteiger partial charge in [0.05, 0.1) is 16.4 Å². The van der Waals surface area contributed by atoms with Crippen molar-refractivity contribution in [2.75, 3.05) is 13.1 Å². The Kier molecular flexibility index (Phi) is 5.96. The van der Waals surface area contributed by atoms with Gasteiger partial charge in [-0.15, -0.1) is 0 Å². The van der Waals surface area contributed by atoms with Crippen molar-refractivity contribution in [3.8, 4) is 5.75 Å². The van der Waals surface area contributed by atoms with Gasteiger partial charge in [-0.1, -0.05) is 42.5 Å². The van der Waals surface area contributed by atoms with Crippen molar-refractivity contribution in [3.63, 3.8) is 0 Å². The standard InChI is InChI=1S/C23H20F3NO4S/c24-23(25,26)20-7-3-4-8-21(20)32(29,30)27-13-11-17(12-14-27)22(28)31-19-10-9-16-5-1-2-6-18(16)15-19/h1-10,15,17H,11-14H2. The molecule has 0 bridgehead atoms. The summed E-state index contributed by atoms with van der Waals surface area (Å²) in [6.45, 7) is -0.127. The van der Waals surface area contributed by atoms with Crippen molar-refractivity contribution in [1.29, 1.82) is 0 Å². The Morgan fingerprint density at radius 3 is 2.22 bits per heavy atom. The van der Waals surface area contributed by atoms with E-state index in [1.807, 2.05) is 30.3 Å². The zero-order chi connectivity index (χ0) is 22.9. The first-order valence-corrected chi connectivity index (χ1v) is 11.5. The maximum absolute atomic E-state index is 13.3. The molecule has 1 fully saturated rings. The third kappa shape index (κ3) is 4.49. The largest absolute Gasteiger partial charge is 0.426 e. The van der Waals surface area contributed by atoms with Crippen molar-refractivity contribution in [2.24, 2.45) is 5.92 Å². The number of ether oxygens (including phenoxy) is 1. The maximum atomic E-state index is 13.3. The predicted octanol–water partition coefficient (Wildman–Crippen LogP) is 4.86. The number of sulfonamides is 1. The molecule has 0 radical (unpaired) electrons. The van der Waals surface area contributed by atoms with E-state index in [2.05, 4.69) is 0 Å². The van der Waals surface area contributed by atoms with Crippen LogP contribution in [-0.4, -0.2) is 31.8 Å². The van der Waals surface area contributed by atoms with Gasteiger partial charge in [-0.25, -0.2) is 8.42 Å². The molecule has 0 atom stereocenters. The zero-order valence-electron chi connectivity index (χ0n) is 16.9. The molecular weight excluding hydrogens is 443 g/mol. The van der Waals surface area contributed by atoms with Crippen LogP contribution in [-0.2, 0) is 21.0 Å². The van der Waals surface area contributed by atoms with E-state index in [-0.39, 0.29) is 25.9 Å². The molecule has 0 saturated carbocycles. The van der Waals surface area contributed by atoms with Crippen LogP contribution in [0.4, 0.5) is 13.2 Å². The number of alkyl halides is 3. The van der Waals surface area contributed by atoms with E-state index < -0.39 is 38.5 Å². The van der Waals surface area contributed by atoms with Gasteiger partial charge in [0.15, 0.2) is 0 Å². The van der Waals surface area contributed by atoms with Gasteiger partial charge in [-0.05, 0) is 47.9 Å². The van der Waals surface area contributed by atoms with E-state index in [4.69, 9.17) is 4.74 Å². The third-order valence-corrected chi connectivity index (χ3v) is 7.49. The lowest BCUT2D eigenvalue weighted by atomic mass is 9.98. The predicted molar refractivity (Wildman–Crippen MR) is 113 cm³/mol.